The number of ether oxygens (including phenoxy) is 3. The van der Waals surface area contributed by atoms with Crippen molar-refractivity contribution in [3.8, 4) is 0 Å². The van der Waals surface area contributed by atoms with Gasteiger partial charge in [0.05, 0.1) is 0 Å². The Morgan fingerprint density at radius 1 is 0.362 bits per heavy atom. The SMILES string of the molecule is CC/C=C\C/C=C\C/C=C\C/C=C\CCCCCCCCCCCCC(=O)OCC(COC(=O)CCCCCCCCC)OC(=O)CCCCCCC/C=C\CCC. The Labute approximate surface area is 358 Å². The molecule has 0 aliphatic heterocycles. The molecule has 0 saturated heterocycles. The first-order valence-corrected chi connectivity index (χ1v) is 24.3. The monoisotopic (exact) mass is 811 g/mol. The first kappa shape index (κ1) is 55.1. The van der Waals surface area contributed by atoms with E-state index in [1.54, 1.807) is 0 Å². The topological polar surface area (TPSA) is 78.9 Å². The fourth-order valence-electron chi connectivity index (χ4n) is 6.61. The molecule has 0 aromatic carbocycles. The molecule has 0 fully saturated rings. The molecule has 1 atom stereocenters. The predicted octanol–water partition coefficient (Wildman–Crippen LogP) is 15.7. The fourth-order valence-corrected chi connectivity index (χ4v) is 6.61. The van der Waals surface area contributed by atoms with Gasteiger partial charge in [-0.2, -0.15) is 0 Å². The molecule has 0 aromatic heterocycles. The summed E-state index contributed by atoms with van der Waals surface area (Å²) in [6.07, 6.45) is 56.6. The fraction of sp³-hybridized carbons (Fsp3) is 0.750. The van der Waals surface area contributed by atoms with E-state index in [1.165, 1.54) is 89.9 Å². The van der Waals surface area contributed by atoms with Crippen molar-refractivity contribution in [2.24, 2.45) is 0 Å². The molecule has 0 N–H and O–H groups in total. The molecule has 6 nitrogen and oxygen atoms in total. The number of hydrogen-bond acceptors (Lipinski definition) is 6. The van der Waals surface area contributed by atoms with Crippen molar-refractivity contribution in [3.63, 3.8) is 0 Å². The van der Waals surface area contributed by atoms with Crippen LogP contribution in [0.2, 0.25) is 0 Å². The van der Waals surface area contributed by atoms with Gasteiger partial charge in [-0.25, -0.2) is 0 Å². The van der Waals surface area contributed by atoms with E-state index in [1.807, 2.05) is 0 Å². The number of esters is 3. The lowest BCUT2D eigenvalue weighted by Gasteiger charge is -2.18. The summed E-state index contributed by atoms with van der Waals surface area (Å²) in [5.41, 5.74) is 0. The largest absolute Gasteiger partial charge is 0.462 e. The van der Waals surface area contributed by atoms with Gasteiger partial charge < -0.3 is 14.2 Å². The van der Waals surface area contributed by atoms with E-state index in [4.69, 9.17) is 14.2 Å². The predicted molar refractivity (Wildman–Crippen MR) is 247 cm³/mol. The highest BCUT2D eigenvalue weighted by atomic mass is 16.6. The highest BCUT2D eigenvalue weighted by Crippen LogP contribution is 2.14. The average molecular weight is 811 g/mol. The molecule has 0 bridgehead atoms. The standard InChI is InChI=1S/C52H90O6/c1-4-7-10-13-16-18-20-21-22-23-24-25-26-27-28-29-30-31-32-34-36-39-42-45-51(54)57-48-49(47-56-50(53)44-41-38-35-15-12-9-6-3)58-52(55)46-43-40-37-33-19-17-14-11-8-5-2/h7,10-11,14,16,18,21-22,24-25,49H,4-6,8-9,12-13,15,17,19-20,23,26-48H2,1-3H3/b10-7-,14-11-,18-16-,22-21-,25-24-. The second kappa shape index (κ2) is 46.8. The summed E-state index contributed by atoms with van der Waals surface area (Å²) in [6.45, 7) is 6.40. The summed E-state index contributed by atoms with van der Waals surface area (Å²) < 4.78 is 16.7. The first-order valence-electron chi connectivity index (χ1n) is 24.3. The normalized spacial score (nSPS) is 12.5. The van der Waals surface area contributed by atoms with Gasteiger partial charge in [0.25, 0.3) is 0 Å². The van der Waals surface area contributed by atoms with Crippen molar-refractivity contribution in [2.75, 3.05) is 13.2 Å². The number of unbranched alkanes of at least 4 members (excludes halogenated alkanes) is 22. The third-order valence-electron chi connectivity index (χ3n) is 10.2. The second-order valence-electron chi connectivity index (χ2n) is 16.0. The summed E-state index contributed by atoms with van der Waals surface area (Å²) in [5.74, 6) is -0.901. The molecule has 6 heteroatoms. The summed E-state index contributed by atoms with van der Waals surface area (Å²) in [5, 5.41) is 0. The quantitative estimate of drug-likeness (QED) is 0.0264. The lowest BCUT2D eigenvalue weighted by molar-refractivity contribution is -0.167. The highest BCUT2D eigenvalue weighted by Gasteiger charge is 2.19. The minimum Gasteiger partial charge on any atom is -0.462 e. The number of carbonyl (C=O) groups is 3. The van der Waals surface area contributed by atoms with Crippen molar-refractivity contribution in [2.45, 2.75) is 239 Å². The summed E-state index contributed by atoms with van der Waals surface area (Å²) in [4.78, 5) is 37.6. The van der Waals surface area contributed by atoms with Crippen LogP contribution in [0.1, 0.15) is 233 Å². The van der Waals surface area contributed by atoms with Crippen LogP contribution in [0.3, 0.4) is 0 Å². The van der Waals surface area contributed by atoms with Crippen LogP contribution in [-0.2, 0) is 28.6 Å². The Balaban J connectivity index is 4.16. The van der Waals surface area contributed by atoms with Gasteiger partial charge in [0, 0.05) is 19.3 Å². The molecule has 0 heterocycles. The molecule has 0 rings (SSSR count). The maximum atomic E-state index is 12.7. The molecule has 0 saturated carbocycles. The minimum atomic E-state index is -0.774. The number of allylic oxidation sites excluding steroid dienone is 10. The first-order chi connectivity index (χ1) is 28.5. The van der Waals surface area contributed by atoms with Gasteiger partial charge in [-0.15, -0.1) is 0 Å². The maximum absolute atomic E-state index is 12.7. The van der Waals surface area contributed by atoms with E-state index in [0.29, 0.717) is 19.3 Å². The molecule has 0 aliphatic rings. The zero-order chi connectivity index (χ0) is 42.3. The molecular formula is C52H90O6. The van der Waals surface area contributed by atoms with Crippen LogP contribution >= 0.6 is 0 Å². The van der Waals surface area contributed by atoms with E-state index in [0.717, 1.165) is 103 Å². The Kier molecular flexibility index (Phi) is 44.5. The Morgan fingerprint density at radius 2 is 0.707 bits per heavy atom. The van der Waals surface area contributed by atoms with Crippen LogP contribution in [0.25, 0.3) is 0 Å². The van der Waals surface area contributed by atoms with Crippen LogP contribution in [0.5, 0.6) is 0 Å². The summed E-state index contributed by atoms with van der Waals surface area (Å²) >= 11 is 0. The molecule has 0 spiro atoms. The molecule has 334 valence electrons. The van der Waals surface area contributed by atoms with Crippen LogP contribution in [0, 0.1) is 0 Å². The average Bonchev–Trinajstić information content (AvgIpc) is 3.22. The van der Waals surface area contributed by atoms with Gasteiger partial charge in [-0.3, -0.25) is 14.4 Å². The van der Waals surface area contributed by atoms with Crippen LogP contribution in [-0.4, -0.2) is 37.2 Å². The minimum absolute atomic E-state index is 0.0782. The molecule has 0 aromatic rings. The Bertz CT molecular complexity index is 1070. The van der Waals surface area contributed by atoms with Crippen molar-refractivity contribution < 1.29 is 28.6 Å². The van der Waals surface area contributed by atoms with E-state index in [-0.39, 0.29) is 31.1 Å². The van der Waals surface area contributed by atoms with Crippen LogP contribution in [0.15, 0.2) is 60.8 Å². The van der Waals surface area contributed by atoms with Gasteiger partial charge in [0.2, 0.25) is 0 Å². The molecule has 0 amide bonds. The third kappa shape index (κ3) is 44.2. The second-order valence-corrected chi connectivity index (χ2v) is 16.0. The molecule has 58 heavy (non-hydrogen) atoms. The number of carbonyl (C=O) groups excluding carboxylic acids is 3. The van der Waals surface area contributed by atoms with Gasteiger partial charge >= 0.3 is 17.9 Å². The van der Waals surface area contributed by atoms with E-state index in [2.05, 4.69) is 81.5 Å². The van der Waals surface area contributed by atoms with Crippen molar-refractivity contribution in [3.05, 3.63) is 60.8 Å². The van der Waals surface area contributed by atoms with E-state index >= 15 is 0 Å². The molecular weight excluding hydrogens is 721 g/mol. The van der Waals surface area contributed by atoms with Crippen molar-refractivity contribution in [1.82, 2.24) is 0 Å². The van der Waals surface area contributed by atoms with E-state index < -0.39 is 6.10 Å². The molecule has 1 unspecified atom stereocenters. The number of rotatable bonds is 43. The summed E-state index contributed by atoms with van der Waals surface area (Å²) in [7, 11) is 0. The van der Waals surface area contributed by atoms with Crippen LogP contribution < -0.4 is 0 Å². The Hall–Kier alpha value is -2.89. The van der Waals surface area contributed by atoms with Gasteiger partial charge in [0.15, 0.2) is 6.10 Å². The van der Waals surface area contributed by atoms with Gasteiger partial charge in [-0.05, 0) is 77.0 Å². The zero-order valence-corrected chi connectivity index (χ0v) is 38.0. The smallest absolute Gasteiger partial charge is 0.306 e. The van der Waals surface area contributed by atoms with Gasteiger partial charge in [-0.1, -0.05) is 197 Å². The lowest BCUT2D eigenvalue weighted by atomic mass is 10.1. The zero-order valence-electron chi connectivity index (χ0n) is 38.0. The van der Waals surface area contributed by atoms with Crippen LogP contribution in [0.4, 0.5) is 0 Å². The van der Waals surface area contributed by atoms with Gasteiger partial charge in [0.1, 0.15) is 13.2 Å². The Morgan fingerprint density at radius 3 is 1.14 bits per heavy atom. The lowest BCUT2D eigenvalue weighted by Crippen LogP contribution is -2.30. The third-order valence-corrected chi connectivity index (χ3v) is 10.2. The highest BCUT2D eigenvalue weighted by molar-refractivity contribution is 5.71. The number of hydrogen-bond donors (Lipinski definition) is 0. The molecule has 0 radical (unpaired) electrons. The maximum Gasteiger partial charge on any atom is 0.306 e. The van der Waals surface area contributed by atoms with Crippen molar-refractivity contribution in [1.29, 1.82) is 0 Å². The van der Waals surface area contributed by atoms with Crippen molar-refractivity contribution >= 4 is 17.9 Å². The summed E-state index contributed by atoms with van der Waals surface area (Å²) in [6, 6.07) is 0. The van der Waals surface area contributed by atoms with E-state index in [9.17, 15) is 14.4 Å². The molecule has 0 aliphatic carbocycles.